The van der Waals surface area contributed by atoms with Crippen LogP contribution in [0.2, 0.25) is 0 Å². The Balaban J connectivity index is 2.94. The van der Waals surface area contributed by atoms with Crippen LogP contribution in [-0.2, 0) is 19.1 Å². The monoisotopic (exact) mass is 318 g/mol. The maximum Gasteiger partial charge on any atom is 0.345 e. The fraction of sp³-hybridized carbons (Fsp3) is 0.474. The van der Waals surface area contributed by atoms with Crippen molar-refractivity contribution in [1.82, 2.24) is 0 Å². The molecule has 1 rings (SSSR count). The van der Waals surface area contributed by atoms with Gasteiger partial charge in [-0.2, -0.15) is 0 Å². The van der Waals surface area contributed by atoms with E-state index >= 15 is 0 Å². The molecule has 4 heteroatoms. The summed E-state index contributed by atoms with van der Waals surface area (Å²) in [5, 5.41) is 0. The first kappa shape index (κ1) is 18.9. The molecule has 0 heterocycles. The molecule has 0 bridgehead atoms. The van der Waals surface area contributed by atoms with Crippen LogP contribution >= 0.6 is 0 Å². The lowest BCUT2D eigenvalue weighted by molar-refractivity contribution is -0.149. The second kappa shape index (κ2) is 8.51. The average molecular weight is 318 g/mol. The fourth-order valence-electron chi connectivity index (χ4n) is 1.60. The van der Waals surface area contributed by atoms with Crippen LogP contribution in [0.3, 0.4) is 0 Å². The first-order valence-electron chi connectivity index (χ1n) is 7.80. The van der Waals surface area contributed by atoms with Crippen molar-refractivity contribution in [2.24, 2.45) is 11.3 Å². The van der Waals surface area contributed by atoms with Gasteiger partial charge in [0.2, 0.25) is 0 Å². The highest BCUT2D eigenvalue weighted by atomic mass is 16.6. The average Bonchev–Trinajstić information content (AvgIpc) is 2.48. The van der Waals surface area contributed by atoms with Crippen LogP contribution in [0.5, 0.6) is 0 Å². The Bertz CT molecular complexity index is 550. The highest BCUT2D eigenvalue weighted by Crippen LogP contribution is 2.16. The third kappa shape index (κ3) is 7.63. The van der Waals surface area contributed by atoms with Gasteiger partial charge in [-0.1, -0.05) is 65.0 Å². The topological polar surface area (TPSA) is 52.6 Å². The van der Waals surface area contributed by atoms with Gasteiger partial charge in [-0.3, -0.25) is 0 Å². The summed E-state index contributed by atoms with van der Waals surface area (Å²) >= 11 is 0. The minimum atomic E-state index is -0.655. The SMILES string of the molecule is CC(C)COC(=O)/C(=C\c1ccccc1)C(=O)OCC(C)(C)C. The van der Waals surface area contributed by atoms with Gasteiger partial charge in [0.15, 0.2) is 0 Å². The smallest absolute Gasteiger partial charge is 0.345 e. The minimum absolute atomic E-state index is 0.0823. The molecule has 0 aromatic heterocycles. The van der Waals surface area contributed by atoms with E-state index in [4.69, 9.17) is 9.47 Å². The predicted octanol–water partition coefficient (Wildman–Crippen LogP) is 3.86. The lowest BCUT2D eigenvalue weighted by Gasteiger charge is -2.18. The van der Waals surface area contributed by atoms with Crippen molar-refractivity contribution in [2.45, 2.75) is 34.6 Å². The maximum atomic E-state index is 12.3. The van der Waals surface area contributed by atoms with Gasteiger partial charge in [-0.25, -0.2) is 9.59 Å². The first-order valence-corrected chi connectivity index (χ1v) is 7.80. The third-order valence-corrected chi connectivity index (χ3v) is 2.73. The molecule has 0 radical (unpaired) electrons. The standard InChI is InChI=1S/C19H26O4/c1-14(2)12-22-17(20)16(11-15-9-7-6-8-10-15)18(21)23-13-19(3,4)5/h6-11,14H,12-13H2,1-5H3/b16-11+. The van der Waals surface area contributed by atoms with E-state index in [0.29, 0.717) is 0 Å². The molecule has 0 N–H and O–H groups in total. The number of carbonyl (C=O) groups is 2. The molecule has 0 amide bonds. The van der Waals surface area contributed by atoms with Gasteiger partial charge in [0.05, 0.1) is 13.2 Å². The Morgan fingerprint density at radius 1 is 1.04 bits per heavy atom. The molecule has 0 fully saturated rings. The van der Waals surface area contributed by atoms with Gasteiger partial charge in [0.1, 0.15) is 5.57 Å². The Morgan fingerprint density at radius 2 is 1.61 bits per heavy atom. The quantitative estimate of drug-likeness (QED) is 0.346. The van der Waals surface area contributed by atoms with Crippen molar-refractivity contribution < 1.29 is 19.1 Å². The van der Waals surface area contributed by atoms with Crippen molar-refractivity contribution in [3.05, 3.63) is 41.5 Å². The van der Waals surface area contributed by atoms with Gasteiger partial charge < -0.3 is 9.47 Å². The van der Waals surface area contributed by atoms with Gasteiger partial charge >= 0.3 is 11.9 Å². The lowest BCUT2D eigenvalue weighted by atomic mass is 9.99. The van der Waals surface area contributed by atoms with E-state index in [0.717, 1.165) is 5.56 Å². The fourth-order valence-corrected chi connectivity index (χ4v) is 1.60. The van der Waals surface area contributed by atoms with Gasteiger partial charge in [-0.15, -0.1) is 0 Å². The number of carbonyl (C=O) groups excluding carboxylic acids is 2. The van der Waals surface area contributed by atoms with E-state index in [1.54, 1.807) is 0 Å². The molecule has 0 atom stereocenters. The van der Waals surface area contributed by atoms with E-state index in [1.165, 1.54) is 6.08 Å². The number of rotatable bonds is 6. The van der Waals surface area contributed by atoms with E-state index in [2.05, 4.69) is 0 Å². The summed E-state index contributed by atoms with van der Waals surface area (Å²) in [6.45, 7) is 10.2. The molecule has 23 heavy (non-hydrogen) atoms. The molecule has 0 aliphatic heterocycles. The second-order valence-corrected chi connectivity index (χ2v) is 7.10. The van der Waals surface area contributed by atoms with Crippen LogP contribution in [0.4, 0.5) is 0 Å². The van der Waals surface area contributed by atoms with Gasteiger partial charge in [0.25, 0.3) is 0 Å². The maximum absolute atomic E-state index is 12.3. The normalized spacial score (nSPS) is 12.2. The van der Waals surface area contributed by atoms with Crippen molar-refractivity contribution in [1.29, 1.82) is 0 Å². The molecule has 0 aliphatic rings. The lowest BCUT2D eigenvalue weighted by Crippen LogP contribution is -2.24. The Labute approximate surface area is 138 Å². The summed E-state index contributed by atoms with van der Waals surface area (Å²) in [4.78, 5) is 24.5. The summed E-state index contributed by atoms with van der Waals surface area (Å²) in [7, 11) is 0. The minimum Gasteiger partial charge on any atom is -0.462 e. The zero-order valence-corrected chi connectivity index (χ0v) is 14.6. The van der Waals surface area contributed by atoms with Crippen LogP contribution in [0.25, 0.3) is 6.08 Å². The van der Waals surface area contributed by atoms with Crippen molar-refractivity contribution in [2.75, 3.05) is 13.2 Å². The van der Waals surface area contributed by atoms with E-state index < -0.39 is 11.9 Å². The number of hydrogen-bond donors (Lipinski definition) is 0. The molecular weight excluding hydrogens is 292 g/mol. The predicted molar refractivity (Wildman–Crippen MR) is 90.6 cm³/mol. The molecule has 0 aliphatic carbocycles. The van der Waals surface area contributed by atoms with Crippen LogP contribution in [0, 0.1) is 11.3 Å². The second-order valence-electron chi connectivity index (χ2n) is 7.10. The Hall–Kier alpha value is -2.10. The molecule has 1 aromatic carbocycles. The molecule has 0 saturated carbocycles. The molecule has 0 saturated heterocycles. The van der Waals surface area contributed by atoms with E-state index in [-0.39, 0.29) is 30.1 Å². The molecule has 4 nitrogen and oxygen atoms in total. The van der Waals surface area contributed by atoms with Crippen LogP contribution in [0.1, 0.15) is 40.2 Å². The molecule has 0 spiro atoms. The van der Waals surface area contributed by atoms with Crippen LogP contribution < -0.4 is 0 Å². The summed E-state index contributed by atoms with van der Waals surface area (Å²) < 4.78 is 10.4. The van der Waals surface area contributed by atoms with Crippen molar-refractivity contribution >= 4 is 18.0 Å². The summed E-state index contributed by atoms with van der Waals surface area (Å²) in [5.41, 5.74) is 0.493. The number of benzene rings is 1. The van der Waals surface area contributed by atoms with Gasteiger partial charge in [0, 0.05) is 0 Å². The number of esters is 2. The van der Waals surface area contributed by atoms with Gasteiger partial charge in [-0.05, 0) is 23.0 Å². The molecule has 1 aromatic rings. The molecular formula is C19H26O4. The first-order chi connectivity index (χ1) is 10.7. The highest BCUT2D eigenvalue weighted by molar-refractivity contribution is 6.17. The number of ether oxygens (including phenoxy) is 2. The van der Waals surface area contributed by atoms with Crippen LogP contribution in [-0.4, -0.2) is 25.2 Å². The van der Waals surface area contributed by atoms with E-state index in [1.807, 2.05) is 65.0 Å². The Kier molecular flexibility index (Phi) is 7.01. The van der Waals surface area contributed by atoms with Crippen molar-refractivity contribution in [3.8, 4) is 0 Å². The highest BCUT2D eigenvalue weighted by Gasteiger charge is 2.24. The summed E-state index contributed by atoms with van der Waals surface area (Å²) in [6, 6.07) is 9.17. The third-order valence-electron chi connectivity index (χ3n) is 2.73. The largest absolute Gasteiger partial charge is 0.462 e. The molecule has 0 unspecified atom stereocenters. The zero-order valence-electron chi connectivity index (χ0n) is 14.6. The van der Waals surface area contributed by atoms with Crippen LogP contribution in [0.15, 0.2) is 35.9 Å². The number of hydrogen-bond acceptors (Lipinski definition) is 4. The summed E-state index contributed by atoms with van der Waals surface area (Å²) in [5.74, 6) is -1.11. The van der Waals surface area contributed by atoms with E-state index in [9.17, 15) is 9.59 Å². The Morgan fingerprint density at radius 3 is 2.13 bits per heavy atom. The summed E-state index contributed by atoms with van der Waals surface area (Å²) in [6.07, 6.45) is 1.51. The van der Waals surface area contributed by atoms with Crippen molar-refractivity contribution in [3.63, 3.8) is 0 Å². The molecule has 126 valence electrons. The zero-order chi connectivity index (χ0) is 17.5.